The van der Waals surface area contributed by atoms with Gasteiger partial charge in [0, 0.05) is 13.7 Å². The average Bonchev–Trinajstić information content (AvgIpc) is 2.37. The van der Waals surface area contributed by atoms with Gasteiger partial charge >= 0.3 is 0 Å². The van der Waals surface area contributed by atoms with Gasteiger partial charge in [0.1, 0.15) is 6.10 Å². The van der Waals surface area contributed by atoms with Gasteiger partial charge in [-0.1, -0.05) is 13.0 Å². The molecule has 0 saturated heterocycles. The molecule has 1 aromatic rings. The van der Waals surface area contributed by atoms with Gasteiger partial charge in [0.15, 0.2) is 11.5 Å². The Labute approximate surface area is 109 Å². The first kappa shape index (κ1) is 14.8. The van der Waals surface area contributed by atoms with E-state index in [4.69, 9.17) is 14.2 Å². The van der Waals surface area contributed by atoms with Crippen molar-refractivity contribution < 1.29 is 14.2 Å². The number of rotatable bonds is 8. The maximum absolute atomic E-state index is 5.82. The normalized spacial score (nSPS) is 12.2. The Balaban J connectivity index is 2.77. The van der Waals surface area contributed by atoms with Crippen LogP contribution in [0.25, 0.3) is 0 Å². The van der Waals surface area contributed by atoms with Crippen molar-refractivity contribution >= 4 is 0 Å². The largest absolute Gasteiger partial charge is 0.493 e. The summed E-state index contributed by atoms with van der Waals surface area (Å²) in [5.74, 6) is 1.51. The van der Waals surface area contributed by atoms with Crippen molar-refractivity contribution in [2.24, 2.45) is 0 Å². The molecule has 4 nitrogen and oxygen atoms in total. The van der Waals surface area contributed by atoms with Gasteiger partial charge in [0.25, 0.3) is 0 Å². The summed E-state index contributed by atoms with van der Waals surface area (Å²) in [6, 6.07) is 5.98. The molecular formula is C14H23NO3. The van der Waals surface area contributed by atoms with Crippen molar-refractivity contribution in [3.05, 3.63) is 23.8 Å². The number of ether oxygens (including phenoxy) is 3. The second-order valence-corrected chi connectivity index (χ2v) is 4.15. The molecule has 0 saturated carbocycles. The summed E-state index contributed by atoms with van der Waals surface area (Å²) in [6.45, 7) is 6.39. The number of nitrogens with one attached hydrogen (secondary N) is 1. The van der Waals surface area contributed by atoms with E-state index >= 15 is 0 Å². The highest BCUT2D eigenvalue weighted by Gasteiger charge is 2.09. The number of benzene rings is 1. The molecule has 4 heteroatoms. The van der Waals surface area contributed by atoms with E-state index in [9.17, 15) is 0 Å². The van der Waals surface area contributed by atoms with Crippen molar-refractivity contribution in [2.75, 3.05) is 27.4 Å². The van der Waals surface area contributed by atoms with Crippen LogP contribution < -0.4 is 14.8 Å². The van der Waals surface area contributed by atoms with Crippen LogP contribution in [0.2, 0.25) is 0 Å². The fourth-order valence-corrected chi connectivity index (χ4v) is 1.68. The van der Waals surface area contributed by atoms with Gasteiger partial charge in [0.05, 0.1) is 13.7 Å². The van der Waals surface area contributed by atoms with Gasteiger partial charge in [-0.3, -0.25) is 0 Å². The molecule has 1 rings (SSSR count). The lowest BCUT2D eigenvalue weighted by Gasteiger charge is -2.17. The third kappa shape index (κ3) is 4.55. The Bertz CT molecular complexity index is 355. The van der Waals surface area contributed by atoms with E-state index in [0.29, 0.717) is 6.61 Å². The maximum atomic E-state index is 5.82. The summed E-state index contributed by atoms with van der Waals surface area (Å²) in [7, 11) is 3.31. The first-order valence-electron chi connectivity index (χ1n) is 6.24. The molecule has 1 aromatic carbocycles. The van der Waals surface area contributed by atoms with Crippen molar-refractivity contribution in [1.29, 1.82) is 0 Å². The first-order chi connectivity index (χ1) is 8.71. The summed E-state index contributed by atoms with van der Waals surface area (Å²) in [4.78, 5) is 0. The van der Waals surface area contributed by atoms with E-state index in [-0.39, 0.29) is 6.10 Å². The Morgan fingerprint density at radius 2 is 2.00 bits per heavy atom. The molecule has 1 unspecified atom stereocenters. The highest BCUT2D eigenvalue weighted by Crippen LogP contribution is 2.29. The zero-order chi connectivity index (χ0) is 13.4. The van der Waals surface area contributed by atoms with Gasteiger partial charge in [0.2, 0.25) is 0 Å². The molecule has 0 aromatic heterocycles. The van der Waals surface area contributed by atoms with E-state index in [1.807, 2.05) is 25.1 Å². The van der Waals surface area contributed by atoms with E-state index in [1.165, 1.54) is 5.56 Å². The average molecular weight is 253 g/mol. The molecule has 0 amide bonds. The fourth-order valence-electron chi connectivity index (χ4n) is 1.68. The standard InChI is InChI=1S/C14H23NO3/c1-5-15-9-12-6-7-13(17-4)14(8-12)18-11(2)10-16-3/h6-8,11,15H,5,9-10H2,1-4H3. The van der Waals surface area contributed by atoms with E-state index in [2.05, 4.69) is 12.2 Å². The van der Waals surface area contributed by atoms with Gasteiger partial charge in [-0.15, -0.1) is 0 Å². The van der Waals surface area contributed by atoms with Crippen LogP contribution in [0.3, 0.4) is 0 Å². The van der Waals surface area contributed by atoms with Crippen molar-refractivity contribution in [3.8, 4) is 11.5 Å². The molecule has 0 heterocycles. The van der Waals surface area contributed by atoms with Crippen LogP contribution in [0.5, 0.6) is 11.5 Å². The maximum Gasteiger partial charge on any atom is 0.162 e. The summed E-state index contributed by atoms with van der Waals surface area (Å²) >= 11 is 0. The molecular weight excluding hydrogens is 230 g/mol. The minimum atomic E-state index is -0.00159. The summed E-state index contributed by atoms with van der Waals surface area (Å²) in [6.07, 6.45) is -0.00159. The molecule has 0 bridgehead atoms. The first-order valence-corrected chi connectivity index (χ1v) is 6.24. The van der Waals surface area contributed by atoms with Crippen molar-refractivity contribution in [1.82, 2.24) is 5.32 Å². The van der Waals surface area contributed by atoms with Gasteiger partial charge in [-0.05, 0) is 31.2 Å². The van der Waals surface area contributed by atoms with Gasteiger partial charge < -0.3 is 19.5 Å². The van der Waals surface area contributed by atoms with E-state index in [0.717, 1.165) is 24.6 Å². The minimum Gasteiger partial charge on any atom is -0.493 e. The Morgan fingerprint density at radius 3 is 2.61 bits per heavy atom. The molecule has 1 N–H and O–H groups in total. The van der Waals surface area contributed by atoms with Gasteiger partial charge in [-0.2, -0.15) is 0 Å². The zero-order valence-electron chi connectivity index (χ0n) is 11.7. The third-order valence-electron chi connectivity index (χ3n) is 2.54. The van der Waals surface area contributed by atoms with Crippen LogP contribution in [-0.4, -0.2) is 33.5 Å². The quantitative estimate of drug-likeness (QED) is 0.771. The van der Waals surface area contributed by atoms with Crippen molar-refractivity contribution in [2.45, 2.75) is 26.5 Å². The number of methoxy groups -OCH3 is 2. The molecule has 1 atom stereocenters. The van der Waals surface area contributed by atoms with Crippen LogP contribution in [-0.2, 0) is 11.3 Å². The molecule has 0 spiro atoms. The lowest BCUT2D eigenvalue weighted by atomic mass is 10.2. The predicted molar refractivity (Wildman–Crippen MR) is 72.3 cm³/mol. The molecule has 0 aliphatic carbocycles. The predicted octanol–water partition coefficient (Wildman–Crippen LogP) is 2.22. The third-order valence-corrected chi connectivity index (χ3v) is 2.54. The van der Waals surface area contributed by atoms with Crippen LogP contribution >= 0.6 is 0 Å². The summed E-state index contributed by atoms with van der Waals surface area (Å²) < 4.78 is 16.2. The zero-order valence-corrected chi connectivity index (χ0v) is 11.7. The van der Waals surface area contributed by atoms with Crippen LogP contribution in [0, 0.1) is 0 Å². The second-order valence-electron chi connectivity index (χ2n) is 4.15. The van der Waals surface area contributed by atoms with Crippen LogP contribution in [0.4, 0.5) is 0 Å². The molecule has 0 radical (unpaired) electrons. The highest BCUT2D eigenvalue weighted by atomic mass is 16.5. The smallest absolute Gasteiger partial charge is 0.162 e. The summed E-state index contributed by atoms with van der Waals surface area (Å²) in [5, 5.41) is 3.29. The van der Waals surface area contributed by atoms with Crippen LogP contribution in [0.15, 0.2) is 18.2 Å². The number of hydrogen-bond acceptors (Lipinski definition) is 4. The lowest BCUT2D eigenvalue weighted by Crippen LogP contribution is -2.18. The Hall–Kier alpha value is -1.26. The van der Waals surface area contributed by atoms with E-state index < -0.39 is 0 Å². The molecule has 102 valence electrons. The molecule has 0 fully saturated rings. The van der Waals surface area contributed by atoms with E-state index in [1.54, 1.807) is 14.2 Å². The summed E-state index contributed by atoms with van der Waals surface area (Å²) in [5.41, 5.74) is 1.18. The SMILES string of the molecule is CCNCc1ccc(OC)c(OC(C)COC)c1. The highest BCUT2D eigenvalue weighted by molar-refractivity contribution is 5.43. The Morgan fingerprint density at radius 1 is 1.22 bits per heavy atom. The van der Waals surface area contributed by atoms with Gasteiger partial charge in [-0.25, -0.2) is 0 Å². The molecule has 0 aliphatic heterocycles. The Kier molecular flexibility index (Phi) is 6.54. The number of hydrogen-bond donors (Lipinski definition) is 1. The topological polar surface area (TPSA) is 39.7 Å². The minimum absolute atomic E-state index is 0.00159. The lowest BCUT2D eigenvalue weighted by molar-refractivity contribution is 0.0899. The molecule has 18 heavy (non-hydrogen) atoms. The fraction of sp³-hybridized carbons (Fsp3) is 0.571. The second kappa shape index (κ2) is 7.95. The molecule has 0 aliphatic rings. The monoisotopic (exact) mass is 253 g/mol. The van der Waals surface area contributed by atoms with Crippen molar-refractivity contribution in [3.63, 3.8) is 0 Å². The van der Waals surface area contributed by atoms with Crippen LogP contribution in [0.1, 0.15) is 19.4 Å².